The van der Waals surface area contributed by atoms with E-state index in [9.17, 15) is 4.79 Å². The van der Waals surface area contributed by atoms with Crippen LogP contribution in [0.5, 0.6) is 6.01 Å². The first-order valence-corrected chi connectivity index (χ1v) is 9.17. The number of hydrogen-bond donors (Lipinski definition) is 2. The first-order chi connectivity index (χ1) is 12.4. The molecule has 1 aromatic heterocycles. The van der Waals surface area contributed by atoms with Crippen LogP contribution in [0.3, 0.4) is 0 Å². The minimum Gasteiger partial charge on any atom is -0.467 e. The fourth-order valence-corrected chi connectivity index (χ4v) is 3.77. The van der Waals surface area contributed by atoms with Gasteiger partial charge in [-0.2, -0.15) is 4.98 Å². The Morgan fingerprint density at radius 2 is 2.23 bits per heavy atom. The summed E-state index contributed by atoms with van der Waals surface area (Å²) in [4.78, 5) is 25.3. The number of anilines is 1. The van der Waals surface area contributed by atoms with Crippen LogP contribution in [-0.2, 0) is 5.54 Å². The Hall–Kier alpha value is -2.61. The van der Waals surface area contributed by atoms with Gasteiger partial charge in [0, 0.05) is 17.6 Å². The second-order valence-corrected chi connectivity index (χ2v) is 7.33. The Bertz CT molecular complexity index is 870. The minimum absolute atomic E-state index is 0.236. The van der Waals surface area contributed by atoms with Crippen molar-refractivity contribution in [2.24, 2.45) is 10.7 Å². The van der Waals surface area contributed by atoms with E-state index in [2.05, 4.69) is 27.2 Å². The van der Waals surface area contributed by atoms with E-state index in [0.29, 0.717) is 22.1 Å². The molecule has 2 heterocycles. The molecule has 0 spiro atoms. The van der Waals surface area contributed by atoms with Crippen molar-refractivity contribution in [2.45, 2.75) is 25.8 Å². The van der Waals surface area contributed by atoms with Crippen LogP contribution in [0.4, 0.5) is 5.69 Å². The number of aryl methyl sites for hydroxylation is 1. The standard InChI is InChI=1S/C18H21N5O2S/c1-11-14(10-20-17(21-11)25-3)15(24)22-13-6-4-5-12(9-13)18(2)7-8-26-16(19)23-18/h4-6,9-10H,7-8H2,1-3H3,(H2,19,23)(H,22,24). The number of aliphatic imine (C=N–C) groups is 1. The molecule has 2 aromatic rings. The van der Waals surface area contributed by atoms with Gasteiger partial charge in [-0.05, 0) is 38.0 Å². The van der Waals surface area contributed by atoms with Crippen molar-refractivity contribution in [3.05, 3.63) is 47.3 Å². The number of carbonyl (C=O) groups is 1. The van der Waals surface area contributed by atoms with Crippen molar-refractivity contribution >= 4 is 28.5 Å². The van der Waals surface area contributed by atoms with Gasteiger partial charge < -0.3 is 15.8 Å². The monoisotopic (exact) mass is 371 g/mol. The molecule has 0 bridgehead atoms. The van der Waals surface area contributed by atoms with E-state index in [1.54, 1.807) is 18.7 Å². The van der Waals surface area contributed by atoms with Crippen molar-refractivity contribution in [3.8, 4) is 6.01 Å². The molecule has 1 aromatic carbocycles. The minimum atomic E-state index is -0.380. The van der Waals surface area contributed by atoms with Crippen LogP contribution in [-0.4, -0.2) is 33.9 Å². The van der Waals surface area contributed by atoms with Crippen LogP contribution in [0.1, 0.15) is 35.0 Å². The number of nitrogens with zero attached hydrogens (tertiary/aromatic N) is 3. The Morgan fingerprint density at radius 1 is 1.42 bits per heavy atom. The highest BCUT2D eigenvalue weighted by Crippen LogP contribution is 2.35. The smallest absolute Gasteiger partial charge is 0.316 e. The number of benzene rings is 1. The van der Waals surface area contributed by atoms with Crippen LogP contribution in [0, 0.1) is 6.92 Å². The summed E-state index contributed by atoms with van der Waals surface area (Å²) in [6, 6.07) is 7.92. The van der Waals surface area contributed by atoms with Gasteiger partial charge in [0.2, 0.25) is 0 Å². The van der Waals surface area contributed by atoms with E-state index >= 15 is 0 Å². The largest absolute Gasteiger partial charge is 0.467 e. The van der Waals surface area contributed by atoms with Gasteiger partial charge in [0.05, 0.1) is 23.9 Å². The van der Waals surface area contributed by atoms with Gasteiger partial charge in [0.25, 0.3) is 5.91 Å². The van der Waals surface area contributed by atoms with Gasteiger partial charge in [0.15, 0.2) is 5.17 Å². The normalized spacial score (nSPS) is 19.6. The van der Waals surface area contributed by atoms with E-state index in [1.165, 1.54) is 13.3 Å². The topological polar surface area (TPSA) is 102 Å². The SMILES string of the molecule is COc1ncc(C(=O)Nc2cccc(C3(C)CCSC(N)=N3)c2)c(C)n1. The van der Waals surface area contributed by atoms with Crippen molar-refractivity contribution in [3.63, 3.8) is 0 Å². The van der Waals surface area contributed by atoms with E-state index in [0.717, 1.165) is 17.7 Å². The molecule has 3 N–H and O–H groups in total. The van der Waals surface area contributed by atoms with Crippen molar-refractivity contribution < 1.29 is 9.53 Å². The molecule has 1 atom stereocenters. The van der Waals surface area contributed by atoms with Gasteiger partial charge in [-0.25, -0.2) is 4.98 Å². The molecule has 8 heteroatoms. The van der Waals surface area contributed by atoms with Gasteiger partial charge in [-0.3, -0.25) is 9.79 Å². The van der Waals surface area contributed by atoms with E-state index in [4.69, 9.17) is 10.5 Å². The lowest BCUT2D eigenvalue weighted by Crippen LogP contribution is -2.28. The number of ether oxygens (including phenoxy) is 1. The molecule has 0 saturated heterocycles. The molecule has 136 valence electrons. The molecule has 0 radical (unpaired) electrons. The predicted octanol–water partition coefficient (Wildman–Crippen LogP) is 2.71. The summed E-state index contributed by atoms with van der Waals surface area (Å²) >= 11 is 1.57. The lowest BCUT2D eigenvalue weighted by atomic mass is 9.89. The maximum atomic E-state index is 12.6. The zero-order valence-electron chi connectivity index (χ0n) is 14.9. The molecule has 0 fully saturated rings. The number of methoxy groups -OCH3 is 1. The summed E-state index contributed by atoms with van der Waals surface area (Å²) in [5, 5.41) is 3.50. The maximum Gasteiger partial charge on any atom is 0.316 e. The average molecular weight is 371 g/mol. The molecule has 1 amide bonds. The molecule has 1 aliphatic heterocycles. The summed E-state index contributed by atoms with van der Waals surface area (Å²) in [5.41, 5.74) is 8.18. The fraction of sp³-hybridized carbons (Fsp3) is 0.333. The third-order valence-electron chi connectivity index (χ3n) is 4.32. The zero-order chi connectivity index (χ0) is 18.7. The number of nitrogens with two attached hydrogens (primary N) is 1. The molecule has 0 aliphatic carbocycles. The Kier molecular flexibility index (Phi) is 5.13. The van der Waals surface area contributed by atoms with Gasteiger partial charge in [-0.1, -0.05) is 23.9 Å². The second-order valence-electron chi connectivity index (χ2n) is 6.21. The Morgan fingerprint density at radius 3 is 2.92 bits per heavy atom. The second kappa shape index (κ2) is 7.33. The number of thioether (sulfide) groups is 1. The highest BCUT2D eigenvalue weighted by Gasteiger charge is 2.29. The highest BCUT2D eigenvalue weighted by atomic mass is 32.2. The fourth-order valence-electron chi connectivity index (χ4n) is 2.79. The summed E-state index contributed by atoms with van der Waals surface area (Å²) < 4.78 is 4.97. The predicted molar refractivity (Wildman–Crippen MR) is 104 cm³/mol. The summed E-state index contributed by atoms with van der Waals surface area (Å²) in [5.74, 6) is 0.653. The van der Waals surface area contributed by atoms with Crippen LogP contribution >= 0.6 is 11.8 Å². The van der Waals surface area contributed by atoms with Crippen LogP contribution < -0.4 is 15.8 Å². The quantitative estimate of drug-likeness (QED) is 0.857. The lowest BCUT2D eigenvalue weighted by Gasteiger charge is -2.30. The summed E-state index contributed by atoms with van der Waals surface area (Å²) in [6.45, 7) is 3.80. The van der Waals surface area contributed by atoms with E-state index in [1.807, 2.05) is 24.3 Å². The van der Waals surface area contributed by atoms with Gasteiger partial charge in [-0.15, -0.1) is 0 Å². The van der Waals surface area contributed by atoms with Gasteiger partial charge >= 0.3 is 6.01 Å². The van der Waals surface area contributed by atoms with Crippen LogP contribution in [0.15, 0.2) is 35.5 Å². The van der Waals surface area contributed by atoms with Crippen molar-refractivity contribution in [1.82, 2.24) is 9.97 Å². The molecule has 0 saturated carbocycles. The third-order valence-corrected chi connectivity index (χ3v) is 5.12. The van der Waals surface area contributed by atoms with Crippen LogP contribution in [0.2, 0.25) is 0 Å². The molecule has 7 nitrogen and oxygen atoms in total. The zero-order valence-corrected chi connectivity index (χ0v) is 15.8. The average Bonchev–Trinajstić information content (AvgIpc) is 2.61. The number of carbonyl (C=O) groups excluding carboxylic acids is 1. The number of rotatable bonds is 4. The summed E-state index contributed by atoms with van der Waals surface area (Å²) in [7, 11) is 1.49. The molecule has 26 heavy (non-hydrogen) atoms. The molecular formula is C18H21N5O2S. The van der Waals surface area contributed by atoms with Crippen molar-refractivity contribution in [2.75, 3.05) is 18.2 Å². The first-order valence-electron chi connectivity index (χ1n) is 8.19. The van der Waals surface area contributed by atoms with E-state index < -0.39 is 0 Å². The maximum absolute atomic E-state index is 12.6. The third kappa shape index (κ3) is 3.80. The van der Waals surface area contributed by atoms with Gasteiger partial charge in [0.1, 0.15) is 0 Å². The highest BCUT2D eigenvalue weighted by molar-refractivity contribution is 8.13. The molecule has 3 rings (SSSR count). The number of hydrogen-bond acceptors (Lipinski definition) is 7. The number of amides is 1. The van der Waals surface area contributed by atoms with Crippen LogP contribution in [0.25, 0.3) is 0 Å². The number of nitrogens with one attached hydrogen (secondary N) is 1. The number of amidine groups is 1. The Labute approximate surface area is 156 Å². The molecular weight excluding hydrogens is 350 g/mol. The van der Waals surface area contributed by atoms with E-state index in [-0.39, 0.29) is 17.5 Å². The molecule has 1 aliphatic rings. The molecule has 1 unspecified atom stereocenters. The first kappa shape index (κ1) is 18.2. The Balaban J connectivity index is 1.83. The lowest BCUT2D eigenvalue weighted by molar-refractivity contribution is 0.102. The van der Waals surface area contributed by atoms with Crippen molar-refractivity contribution in [1.29, 1.82) is 0 Å². The number of aromatic nitrogens is 2. The summed E-state index contributed by atoms with van der Waals surface area (Å²) in [6.07, 6.45) is 2.35.